The first kappa shape index (κ1) is 16.2. The summed E-state index contributed by atoms with van der Waals surface area (Å²) in [4.78, 5) is 21.4. The van der Waals surface area contributed by atoms with Gasteiger partial charge in [0, 0.05) is 4.92 Å². The lowest BCUT2D eigenvalue weighted by molar-refractivity contribution is -0.478. The first-order chi connectivity index (χ1) is 7.80. The summed E-state index contributed by atoms with van der Waals surface area (Å²) in [6.45, 7) is 7.01. The van der Waals surface area contributed by atoms with Crippen LogP contribution in [0.1, 0.15) is 40.5 Å². The van der Waals surface area contributed by atoms with Crippen molar-refractivity contribution in [2.45, 2.75) is 50.5 Å². The molecule has 3 atom stereocenters. The van der Waals surface area contributed by atoms with Crippen LogP contribution in [0.15, 0.2) is 0 Å². The lowest BCUT2D eigenvalue weighted by Crippen LogP contribution is -2.51. The van der Waals surface area contributed by atoms with E-state index in [2.05, 4.69) is 0 Å². The molecule has 3 unspecified atom stereocenters. The van der Waals surface area contributed by atoms with Gasteiger partial charge in [-0.05, 0) is 19.3 Å². The molecular formula is C11H20NO4S-. The Bertz CT molecular complexity index is 285. The van der Waals surface area contributed by atoms with Crippen molar-refractivity contribution in [1.29, 1.82) is 0 Å². The molecule has 6 heteroatoms. The van der Waals surface area contributed by atoms with Crippen LogP contribution in [-0.4, -0.2) is 27.4 Å². The fourth-order valence-electron chi connectivity index (χ4n) is 1.88. The zero-order chi connectivity index (χ0) is 13.6. The highest BCUT2D eigenvalue weighted by Crippen LogP contribution is 2.40. The molecule has 5 nitrogen and oxygen atoms in total. The highest BCUT2D eigenvalue weighted by atomic mass is 32.2. The number of nitrogens with zero attached hydrogens (tertiary/aromatic N) is 1. The van der Waals surface area contributed by atoms with Crippen LogP contribution in [0, 0.1) is 16.0 Å². The van der Waals surface area contributed by atoms with Crippen molar-refractivity contribution >= 4 is 17.7 Å². The maximum Gasteiger partial charge on any atom is 0.215 e. The number of thioether (sulfide) groups is 1. The molecule has 0 aromatic carbocycles. The predicted octanol–water partition coefficient (Wildman–Crippen LogP) is 1.33. The quantitative estimate of drug-likeness (QED) is 0.486. The zero-order valence-electron chi connectivity index (χ0n) is 10.8. The summed E-state index contributed by atoms with van der Waals surface area (Å²) in [5, 5.41) is 21.5. The Morgan fingerprint density at radius 1 is 1.41 bits per heavy atom. The van der Waals surface area contributed by atoms with Crippen LogP contribution in [0.2, 0.25) is 0 Å². The molecule has 0 heterocycles. The summed E-state index contributed by atoms with van der Waals surface area (Å²) in [6.07, 6.45) is 1.12. The van der Waals surface area contributed by atoms with Gasteiger partial charge in [-0.15, -0.1) is 11.8 Å². The molecule has 0 radical (unpaired) electrons. The lowest BCUT2D eigenvalue weighted by Gasteiger charge is -2.39. The summed E-state index contributed by atoms with van der Waals surface area (Å²) in [5.41, 5.74) is 0. The van der Waals surface area contributed by atoms with E-state index in [4.69, 9.17) is 0 Å². The lowest BCUT2D eigenvalue weighted by atomic mass is 9.88. The Kier molecular flexibility index (Phi) is 6.52. The Morgan fingerprint density at radius 2 is 1.94 bits per heavy atom. The number of aliphatic carboxylic acids is 1. The van der Waals surface area contributed by atoms with Gasteiger partial charge in [-0.2, -0.15) is 0 Å². The number of carbonyl (C=O) groups is 1. The van der Waals surface area contributed by atoms with E-state index in [1.54, 1.807) is 13.8 Å². The molecule has 0 rings (SSSR count). The normalized spacial score (nSPS) is 18.1. The second-order valence-electron chi connectivity index (χ2n) is 4.28. The molecule has 0 aromatic rings. The van der Waals surface area contributed by atoms with E-state index in [1.165, 1.54) is 0 Å². The molecule has 0 aliphatic rings. The molecule has 100 valence electrons. The van der Waals surface area contributed by atoms with Crippen molar-refractivity contribution in [2.24, 2.45) is 5.92 Å². The molecule has 17 heavy (non-hydrogen) atoms. The largest absolute Gasteiger partial charge is 0.549 e. The molecule has 0 amide bonds. The monoisotopic (exact) mass is 262 g/mol. The van der Waals surface area contributed by atoms with E-state index in [-0.39, 0.29) is 17.7 Å². The maximum absolute atomic E-state index is 11.4. The fraction of sp³-hybridized carbons (Fsp3) is 0.909. The van der Waals surface area contributed by atoms with Gasteiger partial charge in [-0.25, -0.2) is 0 Å². The molecule has 0 spiro atoms. The molecule has 0 fully saturated rings. The van der Waals surface area contributed by atoms with Crippen molar-refractivity contribution in [3.8, 4) is 0 Å². The third-order valence-electron chi connectivity index (χ3n) is 3.10. The smallest absolute Gasteiger partial charge is 0.215 e. The van der Waals surface area contributed by atoms with Gasteiger partial charge in [0.2, 0.25) is 6.54 Å². The maximum atomic E-state index is 11.4. The van der Waals surface area contributed by atoms with Gasteiger partial charge < -0.3 is 9.90 Å². The third kappa shape index (κ3) is 4.18. The van der Waals surface area contributed by atoms with Crippen LogP contribution in [0.5, 0.6) is 0 Å². The minimum atomic E-state index is -1.12. The van der Waals surface area contributed by atoms with E-state index in [9.17, 15) is 20.0 Å². The molecule has 0 saturated heterocycles. The van der Waals surface area contributed by atoms with Crippen molar-refractivity contribution in [3.63, 3.8) is 0 Å². The molecule has 0 N–H and O–H groups in total. The van der Waals surface area contributed by atoms with Gasteiger partial charge in [-0.3, -0.25) is 10.1 Å². The van der Waals surface area contributed by atoms with Crippen LogP contribution in [-0.2, 0) is 4.79 Å². The van der Waals surface area contributed by atoms with Gasteiger partial charge in [0.1, 0.15) is 0 Å². The van der Waals surface area contributed by atoms with E-state index in [0.717, 1.165) is 11.8 Å². The van der Waals surface area contributed by atoms with Crippen LogP contribution >= 0.6 is 11.8 Å². The average molecular weight is 262 g/mol. The average Bonchev–Trinajstić information content (AvgIpc) is 2.23. The first-order valence-electron chi connectivity index (χ1n) is 5.81. The van der Waals surface area contributed by atoms with Gasteiger partial charge in [-0.1, -0.05) is 27.2 Å². The molecule has 0 aromatic heterocycles. The number of nitro groups is 1. The first-order valence-corrected chi connectivity index (χ1v) is 6.69. The highest BCUT2D eigenvalue weighted by Gasteiger charge is 2.38. The second kappa shape index (κ2) is 6.83. The van der Waals surface area contributed by atoms with Crippen molar-refractivity contribution in [3.05, 3.63) is 10.1 Å². The summed E-state index contributed by atoms with van der Waals surface area (Å²) in [5.74, 6) is -1.19. The van der Waals surface area contributed by atoms with E-state index in [1.807, 2.05) is 13.8 Å². The number of hydrogen-bond acceptors (Lipinski definition) is 5. The Morgan fingerprint density at radius 3 is 2.24 bits per heavy atom. The minimum absolute atomic E-state index is 0.0725. The van der Waals surface area contributed by atoms with Crippen LogP contribution in [0.3, 0.4) is 0 Å². The van der Waals surface area contributed by atoms with E-state index < -0.39 is 15.6 Å². The van der Waals surface area contributed by atoms with Crippen molar-refractivity contribution in [1.82, 2.24) is 0 Å². The van der Waals surface area contributed by atoms with E-state index >= 15 is 0 Å². The molecule has 0 saturated carbocycles. The number of carboxylic acids is 1. The van der Waals surface area contributed by atoms with Gasteiger partial charge >= 0.3 is 0 Å². The van der Waals surface area contributed by atoms with Crippen LogP contribution in [0.25, 0.3) is 0 Å². The van der Waals surface area contributed by atoms with E-state index in [0.29, 0.717) is 12.8 Å². The molecular weight excluding hydrogens is 242 g/mol. The minimum Gasteiger partial charge on any atom is -0.549 e. The number of carboxylic acid groups (broad SMARTS) is 1. The van der Waals surface area contributed by atoms with Crippen LogP contribution in [0.4, 0.5) is 0 Å². The number of carbonyl (C=O) groups excluding carboxylic acids is 1. The zero-order valence-corrected chi connectivity index (χ0v) is 11.6. The Labute approximate surface area is 106 Å². The highest BCUT2D eigenvalue weighted by molar-refractivity contribution is 8.02. The molecule has 0 aliphatic carbocycles. The van der Waals surface area contributed by atoms with Crippen molar-refractivity contribution in [2.75, 3.05) is 6.54 Å². The van der Waals surface area contributed by atoms with Crippen molar-refractivity contribution < 1.29 is 14.8 Å². The second-order valence-corrected chi connectivity index (χ2v) is 6.05. The predicted molar refractivity (Wildman–Crippen MR) is 66.4 cm³/mol. The summed E-state index contributed by atoms with van der Waals surface area (Å²) in [7, 11) is 0. The summed E-state index contributed by atoms with van der Waals surface area (Å²) >= 11 is 1.16. The molecule has 0 aliphatic heterocycles. The topological polar surface area (TPSA) is 83.3 Å². The van der Waals surface area contributed by atoms with Gasteiger partial charge in [0.15, 0.2) is 0 Å². The SMILES string of the molecule is CCC(C)C(CC)(SC(C)C[N+](=O)[O-])C(=O)[O-]. The Hall–Kier alpha value is -0.780. The fourth-order valence-corrected chi connectivity index (χ4v) is 3.45. The number of rotatable bonds is 8. The van der Waals surface area contributed by atoms with Crippen LogP contribution < -0.4 is 5.11 Å². The summed E-state index contributed by atoms with van der Waals surface area (Å²) < 4.78 is -1.02. The molecule has 0 bridgehead atoms. The van der Waals surface area contributed by atoms with Gasteiger partial charge in [0.25, 0.3) is 0 Å². The number of hydrogen-bond donors (Lipinski definition) is 0. The third-order valence-corrected chi connectivity index (χ3v) is 4.93. The summed E-state index contributed by atoms with van der Waals surface area (Å²) in [6, 6.07) is 0. The standard InChI is InChI=1S/C11H21NO4S/c1-5-8(3)11(6-2,10(13)14)17-9(4)7-12(15)16/h8-9H,5-7H2,1-4H3,(H,13,14)/p-1. The Balaban J connectivity index is 4.92. The van der Waals surface area contributed by atoms with Gasteiger partial charge in [0.05, 0.1) is 16.0 Å².